The highest BCUT2D eigenvalue weighted by molar-refractivity contribution is 5.85. The van der Waals surface area contributed by atoms with Crippen LogP contribution in [0.1, 0.15) is 33.5 Å². The summed E-state index contributed by atoms with van der Waals surface area (Å²) in [6, 6.07) is 10.9. The number of amides is 1. The first-order chi connectivity index (χ1) is 11.5. The molecule has 0 aliphatic carbocycles. The number of ether oxygens (including phenoxy) is 1. The molecule has 2 heterocycles. The zero-order valence-corrected chi connectivity index (χ0v) is 13.2. The third kappa shape index (κ3) is 3.51. The highest BCUT2D eigenvalue weighted by atomic mass is 16.6. The number of nitrogens with zero attached hydrogens (tertiary/aromatic N) is 3. The maximum Gasteiger partial charge on any atom is 0.410 e. The zero-order chi connectivity index (χ0) is 17.1. The van der Waals surface area contributed by atoms with Gasteiger partial charge < -0.3 is 14.7 Å². The van der Waals surface area contributed by atoms with Crippen LogP contribution in [-0.4, -0.2) is 45.1 Å². The Hall–Kier alpha value is -2.96. The average molecular weight is 327 g/mol. The van der Waals surface area contributed by atoms with E-state index in [1.807, 2.05) is 30.3 Å². The fourth-order valence-electron chi connectivity index (χ4n) is 2.49. The second-order valence-corrected chi connectivity index (χ2v) is 5.70. The predicted molar refractivity (Wildman–Crippen MR) is 84.7 cm³/mol. The highest BCUT2D eigenvalue weighted by Gasteiger charge is 2.35. The number of hydrogen-bond donors (Lipinski definition) is 1. The van der Waals surface area contributed by atoms with Gasteiger partial charge in [0.1, 0.15) is 12.4 Å². The van der Waals surface area contributed by atoms with Crippen molar-refractivity contribution in [1.82, 2.24) is 14.9 Å². The Balaban J connectivity index is 1.55. The fourth-order valence-corrected chi connectivity index (χ4v) is 2.49. The van der Waals surface area contributed by atoms with Crippen LogP contribution in [0.4, 0.5) is 4.79 Å². The van der Waals surface area contributed by atoms with Crippen LogP contribution in [0.15, 0.2) is 36.4 Å². The maximum absolute atomic E-state index is 12.0. The highest BCUT2D eigenvalue weighted by Crippen LogP contribution is 2.25. The molecule has 1 aromatic heterocycles. The number of benzene rings is 1. The van der Waals surface area contributed by atoms with E-state index < -0.39 is 5.97 Å². The number of carbonyl (C=O) groups excluding carboxylic acids is 1. The lowest BCUT2D eigenvalue weighted by Gasteiger charge is -2.37. The Morgan fingerprint density at radius 1 is 1.25 bits per heavy atom. The number of carbonyl (C=O) groups is 2. The maximum atomic E-state index is 12.0. The van der Waals surface area contributed by atoms with E-state index in [4.69, 9.17) is 9.84 Å². The van der Waals surface area contributed by atoms with Crippen molar-refractivity contribution in [2.45, 2.75) is 19.4 Å². The first-order valence-corrected chi connectivity index (χ1v) is 7.57. The van der Waals surface area contributed by atoms with E-state index in [0.717, 1.165) is 5.56 Å². The lowest BCUT2D eigenvalue weighted by Crippen LogP contribution is -2.49. The number of aromatic nitrogens is 2. The van der Waals surface area contributed by atoms with E-state index in [9.17, 15) is 9.59 Å². The van der Waals surface area contributed by atoms with E-state index >= 15 is 0 Å². The SMILES string of the molecule is Cc1cc(C(=O)O)nc(C2CN(C(=O)OCc3ccccc3)C2)n1. The molecule has 1 aromatic carbocycles. The summed E-state index contributed by atoms with van der Waals surface area (Å²) in [5, 5.41) is 9.05. The third-order valence-electron chi connectivity index (χ3n) is 3.80. The fraction of sp³-hybridized carbons (Fsp3) is 0.294. The summed E-state index contributed by atoms with van der Waals surface area (Å²) < 4.78 is 5.25. The van der Waals surface area contributed by atoms with Gasteiger partial charge in [-0.05, 0) is 18.6 Å². The first kappa shape index (κ1) is 15.9. The van der Waals surface area contributed by atoms with Crippen molar-refractivity contribution < 1.29 is 19.4 Å². The van der Waals surface area contributed by atoms with E-state index in [1.165, 1.54) is 6.07 Å². The molecule has 0 atom stereocenters. The summed E-state index contributed by atoms with van der Waals surface area (Å²) in [4.78, 5) is 32.9. The van der Waals surface area contributed by atoms with Gasteiger partial charge in [-0.1, -0.05) is 30.3 Å². The summed E-state index contributed by atoms with van der Waals surface area (Å²) in [5.41, 5.74) is 1.50. The minimum absolute atomic E-state index is 0.0254. The number of rotatable bonds is 4. The largest absolute Gasteiger partial charge is 0.477 e. The standard InChI is InChI=1S/C17H17N3O4/c1-11-7-14(16(21)22)19-15(18-11)13-8-20(9-13)17(23)24-10-12-5-3-2-4-6-12/h2-7,13H,8-10H2,1H3,(H,21,22). The number of carboxylic acid groups (broad SMARTS) is 1. The van der Waals surface area contributed by atoms with Gasteiger partial charge in [-0.3, -0.25) is 0 Å². The van der Waals surface area contributed by atoms with Crippen molar-refractivity contribution >= 4 is 12.1 Å². The van der Waals surface area contributed by atoms with Gasteiger partial charge in [0.2, 0.25) is 0 Å². The molecule has 3 rings (SSSR count). The monoisotopic (exact) mass is 327 g/mol. The Labute approximate surface area is 138 Å². The predicted octanol–water partition coefficient (Wildman–Crippen LogP) is 2.22. The molecule has 24 heavy (non-hydrogen) atoms. The average Bonchev–Trinajstić information content (AvgIpc) is 2.52. The molecule has 1 amide bonds. The Kier molecular flexibility index (Phi) is 4.41. The van der Waals surface area contributed by atoms with Gasteiger partial charge in [0, 0.05) is 18.8 Å². The summed E-state index contributed by atoms with van der Waals surface area (Å²) in [5.74, 6) is -0.688. The second kappa shape index (κ2) is 6.66. The third-order valence-corrected chi connectivity index (χ3v) is 3.80. The minimum Gasteiger partial charge on any atom is -0.477 e. The lowest BCUT2D eigenvalue weighted by molar-refractivity contribution is 0.0637. The summed E-state index contributed by atoms with van der Waals surface area (Å²) in [6.45, 7) is 2.80. The molecule has 7 nitrogen and oxygen atoms in total. The Bertz CT molecular complexity index is 758. The molecule has 0 saturated carbocycles. The van der Waals surface area contributed by atoms with E-state index in [2.05, 4.69) is 9.97 Å². The van der Waals surface area contributed by atoms with Crippen LogP contribution in [0, 0.1) is 6.92 Å². The molecule has 0 bridgehead atoms. The molecule has 0 spiro atoms. The molecule has 1 saturated heterocycles. The van der Waals surface area contributed by atoms with Gasteiger partial charge in [-0.2, -0.15) is 0 Å². The number of aromatic carboxylic acids is 1. The number of hydrogen-bond acceptors (Lipinski definition) is 5. The van der Waals surface area contributed by atoms with Crippen LogP contribution in [0.3, 0.4) is 0 Å². The number of likely N-dealkylation sites (tertiary alicyclic amines) is 1. The molecule has 1 N–H and O–H groups in total. The van der Waals surface area contributed by atoms with Gasteiger partial charge in [0.25, 0.3) is 0 Å². The quantitative estimate of drug-likeness (QED) is 0.925. The van der Waals surface area contributed by atoms with Crippen molar-refractivity contribution in [2.75, 3.05) is 13.1 Å². The zero-order valence-electron chi connectivity index (χ0n) is 13.2. The van der Waals surface area contributed by atoms with Crippen molar-refractivity contribution in [2.24, 2.45) is 0 Å². The van der Waals surface area contributed by atoms with Crippen LogP contribution in [-0.2, 0) is 11.3 Å². The molecule has 7 heteroatoms. The van der Waals surface area contributed by atoms with Gasteiger partial charge in [0.15, 0.2) is 5.69 Å². The van der Waals surface area contributed by atoms with Gasteiger partial charge in [0.05, 0.1) is 5.92 Å². The topological polar surface area (TPSA) is 92.6 Å². The van der Waals surface area contributed by atoms with Crippen molar-refractivity contribution in [3.63, 3.8) is 0 Å². The van der Waals surface area contributed by atoms with Crippen LogP contribution in [0.25, 0.3) is 0 Å². The van der Waals surface area contributed by atoms with Crippen LogP contribution < -0.4 is 0 Å². The molecule has 1 fully saturated rings. The van der Waals surface area contributed by atoms with E-state index in [1.54, 1.807) is 11.8 Å². The smallest absolute Gasteiger partial charge is 0.410 e. The van der Waals surface area contributed by atoms with Crippen molar-refractivity contribution in [1.29, 1.82) is 0 Å². The normalized spacial score (nSPS) is 14.1. The molecule has 1 aliphatic heterocycles. The number of aryl methyl sites for hydroxylation is 1. The number of carboxylic acids is 1. The summed E-state index contributed by atoms with van der Waals surface area (Å²) in [7, 11) is 0. The van der Waals surface area contributed by atoms with Crippen molar-refractivity contribution in [3.05, 3.63) is 59.2 Å². The Morgan fingerprint density at radius 2 is 1.96 bits per heavy atom. The van der Waals surface area contributed by atoms with E-state index in [-0.39, 0.29) is 24.3 Å². The molecule has 0 radical (unpaired) electrons. The van der Waals surface area contributed by atoms with E-state index in [0.29, 0.717) is 24.6 Å². The second-order valence-electron chi connectivity index (χ2n) is 5.70. The van der Waals surface area contributed by atoms with Gasteiger partial charge >= 0.3 is 12.1 Å². The van der Waals surface area contributed by atoms with Gasteiger partial charge in [-0.15, -0.1) is 0 Å². The molecular weight excluding hydrogens is 310 g/mol. The van der Waals surface area contributed by atoms with Gasteiger partial charge in [-0.25, -0.2) is 19.6 Å². The molecule has 2 aromatic rings. The van der Waals surface area contributed by atoms with Crippen LogP contribution in [0.5, 0.6) is 0 Å². The molecule has 0 unspecified atom stereocenters. The van der Waals surface area contributed by atoms with Crippen LogP contribution in [0.2, 0.25) is 0 Å². The van der Waals surface area contributed by atoms with Crippen molar-refractivity contribution in [3.8, 4) is 0 Å². The summed E-state index contributed by atoms with van der Waals surface area (Å²) >= 11 is 0. The first-order valence-electron chi connectivity index (χ1n) is 7.57. The Morgan fingerprint density at radius 3 is 2.62 bits per heavy atom. The summed E-state index contributed by atoms with van der Waals surface area (Å²) in [6.07, 6.45) is -0.388. The van der Waals surface area contributed by atoms with Crippen LogP contribution >= 0.6 is 0 Å². The minimum atomic E-state index is -1.08. The molecule has 124 valence electrons. The lowest BCUT2D eigenvalue weighted by atomic mass is 9.99. The molecule has 1 aliphatic rings. The molecular formula is C17H17N3O4.